The van der Waals surface area contributed by atoms with Crippen LogP contribution in [0.2, 0.25) is 0 Å². The number of alkyl halides is 3. The molecule has 0 aliphatic carbocycles. The molecular formula is C16H17F3N4O4S. The molecule has 12 heteroatoms. The Bertz CT molecular complexity index is 884. The number of rotatable bonds is 6. The van der Waals surface area contributed by atoms with Crippen molar-refractivity contribution in [3.63, 3.8) is 0 Å². The van der Waals surface area contributed by atoms with Crippen molar-refractivity contribution in [3.05, 3.63) is 29.8 Å². The van der Waals surface area contributed by atoms with Crippen LogP contribution in [0.4, 0.5) is 13.2 Å². The molecule has 1 aromatic rings. The topological polar surface area (TPSA) is 112 Å². The smallest absolute Gasteiger partial charge is 0.386 e. The summed E-state index contributed by atoms with van der Waals surface area (Å²) in [5.74, 6) is -0.518. The zero-order chi connectivity index (χ0) is 20.8. The Labute approximate surface area is 159 Å². The summed E-state index contributed by atoms with van der Waals surface area (Å²) < 4.78 is 64.7. The molecule has 0 atom stereocenters. The van der Waals surface area contributed by atoms with Gasteiger partial charge in [-0.3, -0.25) is 4.79 Å². The molecule has 1 amide bonds. The predicted molar refractivity (Wildman–Crippen MR) is 91.4 cm³/mol. The van der Waals surface area contributed by atoms with Gasteiger partial charge in [-0.05, 0) is 18.2 Å². The molecule has 1 fully saturated rings. The Morgan fingerprint density at radius 2 is 2.00 bits per heavy atom. The molecule has 28 heavy (non-hydrogen) atoms. The largest absolute Gasteiger partial charge is 0.416 e. The van der Waals surface area contributed by atoms with Crippen molar-refractivity contribution < 1.29 is 31.2 Å². The molecule has 0 unspecified atom stereocenters. The highest BCUT2D eigenvalue weighted by molar-refractivity contribution is 7.89. The number of nitriles is 1. The van der Waals surface area contributed by atoms with Crippen LogP contribution in [0.3, 0.4) is 0 Å². The van der Waals surface area contributed by atoms with Crippen LogP contribution in [0.5, 0.6) is 0 Å². The van der Waals surface area contributed by atoms with Crippen LogP contribution in [-0.2, 0) is 25.8 Å². The summed E-state index contributed by atoms with van der Waals surface area (Å²) in [5, 5.41) is 14.4. The molecule has 1 saturated heterocycles. The number of halogens is 3. The maximum absolute atomic E-state index is 12.8. The molecule has 152 valence electrons. The highest BCUT2D eigenvalue weighted by Crippen LogP contribution is 2.31. The number of hydrogen-bond donors (Lipinski definition) is 1. The van der Waals surface area contributed by atoms with E-state index in [0.29, 0.717) is 11.8 Å². The molecule has 0 radical (unpaired) electrons. The maximum Gasteiger partial charge on any atom is 0.416 e. The molecule has 1 aliphatic rings. The number of nitrogens with zero attached hydrogens (tertiary/aromatic N) is 3. The summed E-state index contributed by atoms with van der Waals surface area (Å²) in [4.78, 5) is 15.7. The number of piperidine rings is 1. The third-order valence-electron chi connectivity index (χ3n) is 3.85. The van der Waals surface area contributed by atoms with E-state index < -0.39 is 32.6 Å². The minimum absolute atomic E-state index is 0.0292. The zero-order valence-corrected chi connectivity index (χ0v) is 15.4. The molecule has 8 nitrogen and oxygen atoms in total. The maximum atomic E-state index is 12.8. The van der Waals surface area contributed by atoms with Crippen molar-refractivity contribution in [2.24, 2.45) is 5.16 Å². The van der Waals surface area contributed by atoms with E-state index in [2.05, 4.69) is 10.5 Å². The van der Waals surface area contributed by atoms with Crippen molar-refractivity contribution in [1.82, 2.24) is 9.62 Å². The SMILES string of the molecule is N#CCNC(=O)CON=C1CCN(S(=O)(=O)c2cccc(C(F)(F)F)c2)CC1. The van der Waals surface area contributed by atoms with Gasteiger partial charge >= 0.3 is 6.18 Å². The predicted octanol–water partition coefficient (Wildman–Crippen LogP) is 1.50. The highest BCUT2D eigenvalue weighted by atomic mass is 32.2. The van der Waals surface area contributed by atoms with Gasteiger partial charge in [0.2, 0.25) is 10.0 Å². The van der Waals surface area contributed by atoms with Gasteiger partial charge < -0.3 is 10.2 Å². The fraction of sp³-hybridized carbons (Fsp3) is 0.438. The van der Waals surface area contributed by atoms with E-state index >= 15 is 0 Å². The molecule has 0 aromatic heterocycles. The van der Waals surface area contributed by atoms with Crippen molar-refractivity contribution in [2.45, 2.75) is 23.9 Å². The molecule has 1 N–H and O–H groups in total. The van der Waals surface area contributed by atoms with Crippen LogP contribution in [0, 0.1) is 11.3 Å². The Balaban J connectivity index is 1.96. The van der Waals surface area contributed by atoms with Crippen LogP contribution < -0.4 is 5.32 Å². The van der Waals surface area contributed by atoms with E-state index in [1.165, 1.54) is 0 Å². The lowest BCUT2D eigenvalue weighted by Gasteiger charge is -2.26. The number of oxime groups is 1. The minimum atomic E-state index is -4.63. The lowest BCUT2D eigenvalue weighted by Crippen LogP contribution is -2.38. The van der Waals surface area contributed by atoms with Crippen LogP contribution >= 0.6 is 0 Å². The number of hydrogen-bond acceptors (Lipinski definition) is 6. The number of nitrogens with one attached hydrogen (secondary N) is 1. The van der Waals surface area contributed by atoms with Gasteiger partial charge in [0.25, 0.3) is 5.91 Å². The molecular weight excluding hydrogens is 401 g/mol. The lowest BCUT2D eigenvalue weighted by molar-refractivity contribution is -0.137. The second-order valence-electron chi connectivity index (χ2n) is 5.80. The summed E-state index contributed by atoms with van der Waals surface area (Å²) in [7, 11) is -4.07. The normalized spacial score (nSPS) is 15.6. The second kappa shape index (κ2) is 9.03. The van der Waals surface area contributed by atoms with Gasteiger partial charge in [-0.2, -0.15) is 22.7 Å². The Kier molecular flexibility index (Phi) is 6.98. The number of carbonyl (C=O) groups excluding carboxylic acids is 1. The van der Waals surface area contributed by atoms with Crippen LogP contribution in [0.1, 0.15) is 18.4 Å². The Morgan fingerprint density at radius 3 is 2.61 bits per heavy atom. The molecule has 0 bridgehead atoms. The standard InChI is InChI=1S/C16H17F3N4O4S/c17-16(18,19)12-2-1-3-14(10-12)28(25,26)23-8-4-13(5-9-23)22-27-11-15(24)21-7-6-20/h1-3,10H,4-5,7-9,11H2,(H,21,24). The fourth-order valence-corrected chi connectivity index (χ4v) is 3.92. The minimum Gasteiger partial charge on any atom is -0.386 e. The van der Waals surface area contributed by atoms with Crippen molar-refractivity contribution in [1.29, 1.82) is 5.26 Å². The summed E-state index contributed by atoms with van der Waals surface area (Å²) in [6.07, 6.45) is -4.19. The summed E-state index contributed by atoms with van der Waals surface area (Å²) >= 11 is 0. The van der Waals surface area contributed by atoms with Gasteiger partial charge in [0, 0.05) is 25.9 Å². The van der Waals surface area contributed by atoms with Gasteiger partial charge in [0.15, 0.2) is 6.61 Å². The molecule has 2 rings (SSSR count). The quantitative estimate of drug-likeness (QED) is 0.556. The third-order valence-corrected chi connectivity index (χ3v) is 5.75. The first-order valence-electron chi connectivity index (χ1n) is 8.13. The number of benzene rings is 1. The van der Waals surface area contributed by atoms with Gasteiger partial charge in [0.1, 0.15) is 6.54 Å². The van der Waals surface area contributed by atoms with E-state index in [0.717, 1.165) is 22.5 Å². The summed E-state index contributed by atoms with van der Waals surface area (Å²) in [5.41, 5.74) is -0.500. The monoisotopic (exact) mass is 418 g/mol. The van der Waals surface area contributed by atoms with Crippen LogP contribution in [0.25, 0.3) is 0 Å². The van der Waals surface area contributed by atoms with E-state index in [9.17, 15) is 26.4 Å². The van der Waals surface area contributed by atoms with Gasteiger partial charge in [-0.25, -0.2) is 8.42 Å². The lowest BCUT2D eigenvalue weighted by atomic mass is 10.1. The Hall–Kier alpha value is -2.65. The van der Waals surface area contributed by atoms with E-state index in [4.69, 9.17) is 10.1 Å². The van der Waals surface area contributed by atoms with E-state index in [-0.39, 0.29) is 39.1 Å². The third kappa shape index (κ3) is 5.67. The van der Waals surface area contributed by atoms with Gasteiger partial charge in [0.05, 0.1) is 22.2 Å². The first-order chi connectivity index (χ1) is 13.1. The van der Waals surface area contributed by atoms with Crippen LogP contribution in [-0.4, -0.2) is 50.6 Å². The summed E-state index contributed by atoms with van der Waals surface area (Å²) in [6, 6.07) is 5.33. The number of amides is 1. The second-order valence-corrected chi connectivity index (χ2v) is 7.73. The van der Waals surface area contributed by atoms with Gasteiger partial charge in [-0.1, -0.05) is 11.2 Å². The first kappa shape index (κ1) is 21.6. The molecule has 0 saturated carbocycles. The average Bonchev–Trinajstić information content (AvgIpc) is 2.66. The van der Waals surface area contributed by atoms with Gasteiger partial charge in [-0.15, -0.1) is 0 Å². The zero-order valence-electron chi connectivity index (χ0n) is 14.6. The number of carbonyl (C=O) groups is 1. The molecule has 1 heterocycles. The molecule has 1 aliphatic heterocycles. The molecule has 1 aromatic carbocycles. The van der Waals surface area contributed by atoms with Crippen molar-refractivity contribution in [3.8, 4) is 6.07 Å². The average molecular weight is 418 g/mol. The molecule has 0 spiro atoms. The van der Waals surface area contributed by atoms with E-state index in [1.54, 1.807) is 6.07 Å². The van der Waals surface area contributed by atoms with Crippen molar-refractivity contribution >= 4 is 21.6 Å². The number of sulfonamides is 1. The fourth-order valence-electron chi connectivity index (χ4n) is 2.43. The van der Waals surface area contributed by atoms with Crippen LogP contribution in [0.15, 0.2) is 34.3 Å². The first-order valence-corrected chi connectivity index (χ1v) is 9.57. The van der Waals surface area contributed by atoms with Crippen molar-refractivity contribution in [2.75, 3.05) is 26.2 Å². The highest BCUT2D eigenvalue weighted by Gasteiger charge is 2.33. The Morgan fingerprint density at radius 1 is 1.32 bits per heavy atom. The van der Waals surface area contributed by atoms with E-state index in [1.807, 2.05) is 0 Å². The summed E-state index contributed by atoms with van der Waals surface area (Å²) in [6.45, 7) is -0.471.